The molecule has 3 aromatic rings. The topological polar surface area (TPSA) is 46.9 Å². The van der Waals surface area contributed by atoms with Gasteiger partial charge in [-0.25, -0.2) is 4.68 Å². The summed E-state index contributed by atoms with van der Waals surface area (Å²) in [4.78, 5) is 11.9. The summed E-state index contributed by atoms with van der Waals surface area (Å²) in [6.07, 6.45) is 7.81. The van der Waals surface area contributed by atoms with Crippen LogP contribution in [0.4, 0.5) is 0 Å². The van der Waals surface area contributed by atoms with Crippen LogP contribution in [0.15, 0.2) is 67.0 Å². The zero-order valence-electron chi connectivity index (χ0n) is 14.5. The summed E-state index contributed by atoms with van der Waals surface area (Å²) in [5, 5.41) is 7.93. The molecule has 0 aliphatic carbocycles. The third kappa shape index (κ3) is 4.83. The first-order chi connectivity index (χ1) is 12.6. The summed E-state index contributed by atoms with van der Waals surface area (Å²) in [5.41, 5.74) is 4.01. The fourth-order valence-corrected chi connectivity index (χ4v) is 2.67. The maximum atomic E-state index is 11.9. The van der Waals surface area contributed by atoms with Gasteiger partial charge in [0, 0.05) is 23.8 Å². The first-order valence-electron chi connectivity index (χ1n) is 8.43. The first kappa shape index (κ1) is 18.0. The molecule has 2 aromatic carbocycles. The molecule has 0 bridgehead atoms. The van der Waals surface area contributed by atoms with E-state index in [1.165, 1.54) is 6.08 Å². The van der Waals surface area contributed by atoms with E-state index in [-0.39, 0.29) is 5.91 Å². The van der Waals surface area contributed by atoms with Crippen LogP contribution in [0.25, 0.3) is 11.8 Å². The summed E-state index contributed by atoms with van der Waals surface area (Å²) >= 11 is 6.08. The smallest absolute Gasteiger partial charge is 0.244 e. The van der Waals surface area contributed by atoms with E-state index in [9.17, 15) is 4.79 Å². The molecule has 5 heteroatoms. The van der Waals surface area contributed by atoms with Gasteiger partial charge in [0.1, 0.15) is 0 Å². The highest BCUT2D eigenvalue weighted by atomic mass is 35.5. The minimum Gasteiger partial charge on any atom is -0.352 e. The Morgan fingerprint density at radius 2 is 2.04 bits per heavy atom. The number of nitrogens with zero attached hydrogens (tertiary/aromatic N) is 2. The second-order valence-electron chi connectivity index (χ2n) is 6.01. The number of para-hydroxylation sites is 1. The zero-order valence-corrected chi connectivity index (χ0v) is 15.3. The van der Waals surface area contributed by atoms with Gasteiger partial charge in [-0.15, -0.1) is 0 Å². The van der Waals surface area contributed by atoms with Crippen LogP contribution in [0.5, 0.6) is 0 Å². The average Bonchev–Trinajstić information content (AvgIpc) is 3.12. The molecule has 0 radical (unpaired) electrons. The van der Waals surface area contributed by atoms with Crippen molar-refractivity contribution in [1.82, 2.24) is 15.1 Å². The van der Waals surface area contributed by atoms with Crippen molar-refractivity contribution in [2.45, 2.75) is 13.3 Å². The maximum absolute atomic E-state index is 11.9. The lowest BCUT2D eigenvalue weighted by Gasteiger charge is -2.02. The Balaban J connectivity index is 1.49. The number of hydrogen-bond acceptors (Lipinski definition) is 2. The number of rotatable bonds is 6. The number of benzene rings is 2. The quantitative estimate of drug-likeness (QED) is 0.665. The van der Waals surface area contributed by atoms with Crippen molar-refractivity contribution >= 4 is 23.6 Å². The number of hydrogen-bond donors (Lipinski definition) is 1. The molecule has 26 heavy (non-hydrogen) atoms. The number of amides is 1. The first-order valence-corrected chi connectivity index (χ1v) is 8.80. The Bertz CT molecular complexity index is 916. The third-order valence-electron chi connectivity index (χ3n) is 3.99. The SMILES string of the molecule is Cc1ccc(/C=C/C(=O)NCCc2cnn(-c3ccccc3)c2)cc1Cl. The Hall–Kier alpha value is -2.85. The van der Waals surface area contributed by atoms with Gasteiger partial charge in [0.15, 0.2) is 0 Å². The normalized spacial score (nSPS) is 11.0. The maximum Gasteiger partial charge on any atom is 0.244 e. The second-order valence-corrected chi connectivity index (χ2v) is 6.42. The minimum atomic E-state index is -0.128. The van der Waals surface area contributed by atoms with Crippen LogP contribution in [0, 0.1) is 6.92 Å². The molecule has 132 valence electrons. The number of aromatic nitrogens is 2. The van der Waals surface area contributed by atoms with E-state index in [1.807, 2.05) is 72.5 Å². The van der Waals surface area contributed by atoms with Crippen LogP contribution in [0.1, 0.15) is 16.7 Å². The number of nitrogens with one attached hydrogen (secondary N) is 1. The minimum absolute atomic E-state index is 0.128. The van der Waals surface area contributed by atoms with Gasteiger partial charge in [0.25, 0.3) is 0 Å². The molecule has 1 amide bonds. The summed E-state index contributed by atoms with van der Waals surface area (Å²) in [6, 6.07) is 15.6. The molecule has 1 N–H and O–H groups in total. The molecule has 1 heterocycles. The molecule has 0 atom stereocenters. The molecule has 4 nitrogen and oxygen atoms in total. The van der Waals surface area contributed by atoms with E-state index in [4.69, 9.17) is 11.6 Å². The van der Waals surface area contributed by atoms with Gasteiger partial charge in [-0.3, -0.25) is 4.79 Å². The van der Waals surface area contributed by atoms with Gasteiger partial charge >= 0.3 is 0 Å². The highest BCUT2D eigenvalue weighted by Crippen LogP contribution is 2.17. The summed E-state index contributed by atoms with van der Waals surface area (Å²) in [5.74, 6) is -0.128. The standard InChI is InChI=1S/C21H20ClN3O/c1-16-7-8-17(13-20(16)22)9-10-21(26)23-12-11-18-14-24-25(15-18)19-5-3-2-4-6-19/h2-10,13-15H,11-12H2,1H3,(H,23,26)/b10-9+. The van der Waals surface area contributed by atoms with E-state index < -0.39 is 0 Å². The number of carbonyl (C=O) groups is 1. The second kappa shape index (κ2) is 8.50. The Kier molecular flexibility index (Phi) is 5.87. The van der Waals surface area contributed by atoms with Gasteiger partial charge in [0.05, 0.1) is 11.9 Å². The average molecular weight is 366 g/mol. The molecule has 0 unspecified atom stereocenters. The van der Waals surface area contributed by atoms with Crippen LogP contribution >= 0.6 is 11.6 Å². The van der Waals surface area contributed by atoms with Crippen LogP contribution in [-0.2, 0) is 11.2 Å². The van der Waals surface area contributed by atoms with Gasteiger partial charge in [0.2, 0.25) is 5.91 Å². The predicted octanol–water partition coefficient (Wildman–Crippen LogP) is 4.21. The number of halogens is 1. The molecule has 0 fully saturated rings. The van der Waals surface area contributed by atoms with Crippen LogP contribution < -0.4 is 5.32 Å². The van der Waals surface area contributed by atoms with Gasteiger partial charge in [-0.05, 0) is 54.3 Å². The highest BCUT2D eigenvalue weighted by Gasteiger charge is 2.02. The largest absolute Gasteiger partial charge is 0.352 e. The van der Waals surface area contributed by atoms with E-state index in [1.54, 1.807) is 6.08 Å². The van der Waals surface area contributed by atoms with Crippen molar-refractivity contribution in [2.24, 2.45) is 0 Å². The van der Waals surface area contributed by atoms with Gasteiger partial charge in [-0.1, -0.05) is 41.9 Å². The molecule has 0 aliphatic heterocycles. The van der Waals surface area contributed by atoms with Crippen LogP contribution in [0.3, 0.4) is 0 Å². The lowest BCUT2D eigenvalue weighted by molar-refractivity contribution is -0.116. The van der Waals surface area contributed by atoms with E-state index in [2.05, 4.69) is 10.4 Å². The van der Waals surface area contributed by atoms with Crippen molar-refractivity contribution < 1.29 is 4.79 Å². The molecule has 0 saturated heterocycles. The monoisotopic (exact) mass is 365 g/mol. The fraction of sp³-hybridized carbons (Fsp3) is 0.143. The van der Waals surface area contributed by atoms with Crippen LogP contribution in [0.2, 0.25) is 5.02 Å². The fourth-order valence-electron chi connectivity index (χ4n) is 2.48. The van der Waals surface area contributed by atoms with Crippen LogP contribution in [-0.4, -0.2) is 22.2 Å². The van der Waals surface area contributed by atoms with Gasteiger partial charge in [-0.2, -0.15) is 5.10 Å². The Labute approximate surface area is 158 Å². The molecular weight excluding hydrogens is 346 g/mol. The molecule has 0 saturated carbocycles. The zero-order chi connectivity index (χ0) is 18.4. The summed E-state index contributed by atoms with van der Waals surface area (Å²) < 4.78 is 1.83. The molecule has 3 rings (SSSR count). The van der Waals surface area contributed by atoms with Crippen molar-refractivity contribution in [3.05, 3.63) is 88.7 Å². The lowest BCUT2D eigenvalue weighted by Crippen LogP contribution is -2.23. The predicted molar refractivity (Wildman–Crippen MR) is 106 cm³/mol. The van der Waals surface area contributed by atoms with Crippen molar-refractivity contribution in [3.8, 4) is 5.69 Å². The number of carbonyl (C=O) groups excluding carboxylic acids is 1. The van der Waals surface area contributed by atoms with Gasteiger partial charge < -0.3 is 5.32 Å². The Morgan fingerprint density at radius 1 is 1.23 bits per heavy atom. The van der Waals surface area contributed by atoms with E-state index in [0.717, 1.165) is 28.8 Å². The van der Waals surface area contributed by atoms with Crippen molar-refractivity contribution in [3.63, 3.8) is 0 Å². The third-order valence-corrected chi connectivity index (χ3v) is 4.40. The Morgan fingerprint density at radius 3 is 2.81 bits per heavy atom. The lowest BCUT2D eigenvalue weighted by atomic mass is 10.1. The molecule has 0 spiro atoms. The van der Waals surface area contributed by atoms with E-state index in [0.29, 0.717) is 11.6 Å². The number of aryl methyl sites for hydroxylation is 1. The molecule has 0 aliphatic rings. The van der Waals surface area contributed by atoms with Crippen molar-refractivity contribution in [1.29, 1.82) is 0 Å². The molecular formula is C21H20ClN3O. The van der Waals surface area contributed by atoms with E-state index >= 15 is 0 Å². The highest BCUT2D eigenvalue weighted by molar-refractivity contribution is 6.31. The molecule has 1 aromatic heterocycles. The summed E-state index contributed by atoms with van der Waals surface area (Å²) in [7, 11) is 0. The van der Waals surface area contributed by atoms with Crippen molar-refractivity contribution in [2.75, 3.05) is 6.54 Å². The summed E-state index contributed by atoms with van der Waals surface area (Å²) in [6.45, 7) is 2.50.